The summed E-state index contributed by atoms with van der Waals surface area (Å²) < 4.78 is 13.0. The Labute approximate surface area is 160 Å². The molecule has 0 spiro atoms. The molecule has 0 bridgehead atoms. The fourth-order valence-corrected chi connectivity index (χ4v) is 3.29. The lowest BCUT2D eigenvalue weighted by molar-refractivity contribution is 0.206. The minimum absolute atomic E-state index is 0.160. The fraction of sp³-hybridized carbons (Fsp3) is 0.429. The Hall–Kier alpha value is -2.63. The van der Waals surface area contributed by atoms with Crippen molar-refractivity contribution in [2.45, 2.75) is 38.8 Å². The number of carbonyl (C=O) groups excluding carboxylic acids is 1. The van der Waals surface area contributed by atoms with E-state index in [-0.39, 0.29) is 11.8 Å². The number of rotatable bonds is 5. The third-order valence-electron chi connectivity index (χ3n) is 4.86. The highest BCUT2D eigenvalue weighted by Crippen LogP contribution is 2.18. The van der Waals surface area contributed by atoms with Gasteiger partial charge in [-0.25, -0.2) is 14.2 Å². The smallest absolute Gasteiger partial charge is 0.317 e. The molecule has 0 atom stereocenters. The predicted molar refractivity (Wildman–Crippen MR) is 105 cm³/mol. The van der Waals surface area contributed by atoms with Gasteiger partial charge in [-0.2, -0.15) is 0 Å². The first kappa shape index (κ1) is 19.1. The maximum absolute atomic E-state index is 13.0. The molecule has 1 saturated heterocycles. The van der Waals surface area contributed by atoms with E-state index in [1.807, 2.05) is 12.3 Å². The Morgan fingerprint density at radius 3 is 2.52 bits per heavy atom. The molecule has 27 heavy (non-hydrogen) atoms. The van der Waals surface area contributed by atoms with Crippen LogP contribution in [0.1, 0.15) is 36.8 Å². The van der Waals surface area contributed by atoms with Crippen LogP contribution in [0.15, 0.2) is 42.6 Å². The molecule has 0 saturated carbocycles. The summed E-state index contributed by atoms with van der Waals surface area (Å²) >= 11 is 0. The highest BCUT2D eigenvalue weighted by atomic mass is 19.1. The normalized spacial score (nSPS) is 14.5. The minimum Gasteiger partial charge on any atom is -0.357 e. The Morgan fingerprint density at radius 2 is 1.81 bits per heavy atom. The van der Waals surface area contributed by atoms with Gasteiger partial charge in [0.25, 0.3) is 0 Å². The van der Waals surface area contributed by atoms with Crippen molar-refractivity contribution in [2.75, 3.05) is 25.0 Å². The van der Waals surface area contributed by atoms with Crippen LogP contribution in [0.2, 0.25) is 0 Å². The highest BCUT2D eigenvalue weighted by molar-refractivity contribution is 5.73. The van der Waals surface area contributed by atoms with Crippen LogP contribution in [0.3, 0.4) is 0 Å². The van der Waals surface area contributed by atoms with E-state index in [4.69, 9.17) is 0 Å². The number of nitrogens with one attached hydrogen (secondary N) is 1. The van der Waals surface area contributed by atoms with E-state index in [9.17, 15) is 9.18 Å². The number of anilines is 1. The second-order valence-electron chi connectivity index (χ2n) is 7.06. The number of aromatic nitrogens is 1. The van der Waals surface area contributed by atoms with Crippen molar-refractivity contribution >= 4 is 11.8 Å². The number of benzene rings is 1. The van der Waals surface area contributed by atoms with Gasteiger partial charge in [0.15, 0.2) is 0 Å². The number of hydrogen-bond donors (Lipinski definition) is 1. The van der Waals surface area contributed by atoms with E-state index in [1.165, 1.54) is 37.8 Å². The molecule has 1 N–H and O–H groups in total. The van der Waals surface area contributed by atoms with Gasteiger partial charge in [0.2, 0.25) is 0 Å². The molecule has 1 aliphatic heterocycles. The Bertz CT molecular complexity index is 742. The van der Waals surface area contributed by atoms with E-state index in [0.29, 0.717) is 13.1 Å². The summed E-state index contributed by atoms with van der Waals surface area (Å²) in [5.74, 6) is 0.715. The lowest BCUT2D eigenvalue weighted by Crippen LogP contribution is -2.36. The zero-order chi connectivity index (χ0) is 19.1. The van der Waals surface area contributed by atoms with Crippen molar-refractivity contribution in [3.63, 3.8) is 0 Å². The molecule has 1 fully saturated rings. The van der Waals surface area contributed by atoms with Gasteiger partial charge in [-0.3, -0.25) is 0 Å². The van der Waals surface area contributed by atoms with Crippen LogP contribution in [0, 0.1) is 5.82 Å². The van der Waals surface area contributed by atoms with E-state index in [1.54, 1.807) is 24.1 Å². The van der Waals surface area contributed by atoms with Crippen LogP contribution in [0.4, 0.5) is 15.0 Å². The predicted octanol–water partition coefficient (Wildman–Crippen LogP) is 3.94. The summed E-state index contributed by atoms with van der Waals surface area (Å²) in [6.45, 7) is 2.98. The lowest BCUT2D eigenvalue weighted by Gasteiger charge is -2.22. The first-order valence-corrected chi connectivity index (χ1v) is 9.55. The summed E-state index contributed by atoms with van der Waals surface area (Å²) in [5.41, 5.74) is 1.93. The summed E-state index contributed by atoms with van der Waals surface area (Å²) in [7, 11) is 1.73. The molecule has 1 aromatic heterocycles. The largest absolute Gasteiger partial charge is 0.357 e. The average Bonchev–Trinajstić information content (AvgIpc) is 2.97. The molecular formula is C21H27FN4O. The van der Waals surface area contributed by atoms with Crippen LogP contribution in [-0.2, 0) is 13.1 Å². The highest BCUT2D eigenvalue weighted by Gasteiger charge is 2.12. The first-order chi connectivity index (χ1) is 13.1. The second-order valence-corrected chi connectivity index (χ2v) is 7.06. The van der Waals surface area contributed by atoms with Crippen molar-refractivity contribution in [3.8, 4) is 0 Å². The number of nitrogens with zero attached hydrogens (tertiary/aromatic N) is 3. The quantitative estimate of drug-likeness (QED) is 0.867. The van der Waals surface area contributed by atoms with E-state index in [0.717, 1.165) is 30.0 Å². The van der Waals surface area contributed by atoms with Crippen molar-refractivity contribution < 1.29 is 9.18 Å². The van der Waals surface area contributed by atoms with E-state index in [2.05, 4.69) is 21.3 Å². The zero-order valence-electron chi connectivity index (χ0n) is 15.8. The first-order valence-electron chi connectivity index (χ1n) is 9.55. The van der Waals surface area contributed by atoms with Gasteiger partial charge >= 0.3 is 6.03 Å². The molecule has 2 heterocycles. The lowest BCUT2D eigenvalue weighted by atomic mass is 10.2. The maximum atomic E-state index is 13.0. The number of urea groups is 1. The SMILES string of the molecule is CN(Cc1ccc(F)cc1)C(=O)NCc1ccnc(N2CCCCCC2)c1. The molecule has 3 rings (SSSR count). The Balaban J connectivity index is 1.53. The van der Waals surface area contributed by atoms with Crippen molar-refractivity contribution in [2.24, 2.45) is 0 Å². The second kappa shape index (κ2) is 9.35. The summed E-state index contributed by atoms with van der Waals surface area (Å²) in [4.78, 5) is 20.8. The molecule has 144 valence electrons. The summed E-state index contributed by atoms with van der Waals surface area (Å²) in [6.07, 6.45) is 6.79. The van der Waals surface area contributed by atoms with E-state index < -0.39 is 0 Å². The van der Waals surface area contributed by atoms with Crippen LogP contribution >= 0.6 is 0 Å². The zero-order valence-corrected chi connectivity index (χ0v) is 15.8. The van der Waals surface area contributed by atoms with Gasteiger partial charge in [0.1, 0.15) is 11.6 Å². The molecule has 1 aromatic carbocycles. The third-order valence-corrected chi connectivity index (χ3v) is 4.86. The van der Waals surface area contributed by atoms with Crippen LogP contribution in [-0.4, -0.2) is 36.1 Å². The molecular weight excluding hydrogens is 343 g/mol. The molecule has 1 aliphatic rings. The topological polar surface area (TPSA) is 48.5 Å². The fourth-order valence-electron chi connectivity index (χ4n) is 3.29. The van der Waals surface area contributed by atoms with Gasteiger partial charge in [-0.05, 0) is 48.2 Å². The van der Waals surface area contributed by atoms with Crippen LogP contribution in [0.25, 0.3) is 0 Å². The van der Waals surface area contributed by atoms with Gasteiger partial charge in [-0.15, -0.1) is 0 Å². The van der Waals surface area contributed by atoms with Crippen LogP contribution in [0.5, 0.6) is 0 Å². The number of amides is 2. The third kappa shape index (κ3) is 5.67. The molecule has 2 amide bonds. The molecule has 5 nitrogen and oxygen atoms in total. The molecule has 0 unspecified atom stereocenters. The number of pyridine rings is 1. The van der Waals surface area contributed by atoms with Gasteiger partial charge in [0.05, 0.1) is 0 Å². The Morgan fingerprint density at radius 1 is 1.11 bits per heavy atom. The Kier molecular flexibility index (Phi) is 6.63. The number of carbonyl (C=O) groups is 1. The van der Waals surface area contributed by atoms with Gasteiger partial charge < -0.3 is 15.1 Å². The molecule has 0 aliphatic carbocycles. The standard InChI is InChI=1S/C21H27FN4O/c1-25(16-17-6-8-19(22)9-7-17)21(27)24-15-18-10-11-23-20(14-18)26-12-4-2-3-5-13-26/h6-11,14H,2-5,12-13,15-16H2,1H3,(H,24,27). The minimum atomic E-state index is -0.274. The molecule has 6 heteroatoms. The van der Waals surface area contributed by atoms with Gasteiger partial charge in [-0.1, -0.05) is 25.0 Å². The van der Waals surface area contributed by atoms with Crippen LogP contribution < -0.4 is 10.2 Å². The summed E-state index contributed by atoms with van der Waals surface area (Å²) in [5, 5.41) is 2.94. The van der Waals surface area contributed by atoms with Crippen molar-refractivity contribution in [1.82, 2.24) is 15.2 Å². The maximum Gasteiger partial charge on any atom is 0.317 e. The molecule has 2 aromatic rings. The van der Waals surface area contributed by atoms with Crippen molar-refractivity contribution in [1.29, 1.82) is 0 Å². The number of halogens is 1. The average molecular weight is 370 g/mol. The van der Waals surface area contributed by atoms with E-state index >= 15 is 0 Å². The van der Waals surface area contributed by atoms with Crippen molar-refractivity contribution in [3.05, 3.63) is 59.5 Å². The molecule has 0 radical (unpaired) electrons. The monoisotopic (exact) mass is 370 g/mol. The summed E-state index contributed by atoms with van der Waals surface area (Å²) in [6, 6.07) is 10.0. The number of hydrogen-bond acceptors (Lipinski definition) is 3. The van der Waals surface area contributed by atoms with Gasteiger partial charge in [0, 0.05) is 39.4 Å².